The normalized spacial score (nSPS) is 12.3. The van der Waals surface area contributed by atoms with Crippen LogP contribution < -0.4 is 5.73 Å². The largest absolute Gasteiger partial charge is 0.327 e. The average molecular weight is 228 g/mol. The number of halogens is 2. The molecule has 0 aliphatic rings. The Kier molecular flexibility index (Phi) is 4.30. The first-order valence-corrected chi connectivity index (χ1v) is 5.28. The van der Waals surface area contributed by atoms with E-state index in [1.807, 2.05) is 6.08 Å². The summed E-state index contributed by atoms with van der Waals surface area (Å²) in [7, 11) is 0. The van der Waals surface area contributed by atoms with Gasteiger partial charge in [0.2, 0.25) is 0 Å². The minimum Gasteiger partial charge on any atom is -0.327 e. The highest BCUT2D eigenvalue weighted by molar-refractivity contribution is 6.30. The Morgan fingerprint density at radius 2 is 2.20 bits per heavy atom. The molecule has 0 radical (unpaired) electrons. The number of nitrogens with two attached hydrogens (primary N) is 1. The van der Waals surface area contributed by atoms with Crippen molar-refractivity contribution in [3.8, 4) is 0 Å². The Morgan fingerprint density at radius 1 is 1.53 bits per heavy atom. The van der Waals surface area contributed by atoms with Gasteiger partial charge in [-0.3, -0.25) is 0 Å². The Balaban J connectivity index is 3.01. The zero-order chi connectivity index (χ0) is 11.4. The second kappa shape index (κ2) is 5.29. The minimum absolute atomic E-state index is 0.144. The summed E-state index contributed by atoms with van der Waals surface area (Å²) in [5.74, 6) is -0.0284. The molecule has 0 heterocycles. The first-order chi connectivity index (χ1) is 7.04. The van der Waals surface area contributed by atoms with Crippen molar-refractivity contribution in [1.29, 1.82) is 0 Å². The van der Waals surface area contributed by atoms with Crippen LogP contribution in [0.25, 0.3) is 6.08 Å². The van der Waals surface area contributed by atoms with Crippen molar-refractivity contribution in [2.24, 2.45) is 11.7 Å². The van der Waals surface area contributed by atoms with E-state index in [4.69, 9.17) is 17.3 Å². The first kappa shape index (κ1) is 12.2. The molecule has 0 aromatic heterocycles. The molecule has 82 valence electrons. The lowest BCUT2D eigenvalue weighted by Crippen LogP contribution is -2.08. The van der Waals surface area contributed by atoms with Crippen LogP contribution in [0.1, 0.15) is 19.4 Å². The third-order valence-corrected chi connectivity index (χ3v) is 2.58. The highest BCUT2D eigenvalue weighted by Gasteiger charge is 2.03. The van der Waals surface area contributed by atoms with Crippen LogP contribution >= 0.6 is 11.6 Å². The minimum atomic E-state index is -0.398. The molecule has 0 spiro atoms. The molecule has 1 rings (SSSR count). The summed E-state index contributed by atoms with van der Waals surface area (Å²) in [6.45, 7) is 4.61. The van der Waals surface area contributed by atoms with Crippen LogP contribution in [0.4, 0.5) is 4.39 Å². The predicted molar refractivity (Wildman–Crippen MR) is 63.3 cm³/mol. The maximum Gasteiger partial charge on any atom is 0.142 e. The SMILES string of the molecule is CC(C)C(=Cc1ccc(Cl)c(F)c1)CN. The topological polar surface area (TPSA) is 26.0 Å². The third-order valence-electron chi connectivity index (χ3n) is 2.27. The summed E-state index contributed by atoms with van der Waals surface area (Å²) in [5.41, 5.74) is 7.49. The molecule has 3 heteroatoms. The van der Waals surface area contributed by atoms with Crippen LogP contribution in [0.3, 0.4) is 0 Å². The second-order valence-electron chi connectivity index (χ2n) is 3.75. The van der Waals surface area contributed by atoms with E-state index in [1.54, 1.807) is 12.1 Å². The van der Waals surface area contributed by atoms with Gasteiger partial charge < -0.3 is 5.73 Å². The quantitative estimate of drug-likeness (QED) is 0.841. The zero-order valence-electron chi connectivity index (χ0n) is 8.93. The van der Waals surface area contributed by atoms with Crippen molar-refractivity contribution in [3.05, 3.63) is 40.2 Å². The van der Waals surface area contributed by atoms with Crippen molar-refractivity contribution < 1.29 is 4.39 Å². The molecule has 0 aliphatic heterocycles. The van der Waals surface area contributed by atoms with Gasteiger partial charge in [-0.15, -0.1) is 0 Å². The van der Waals surface area contributed by atoms with Gasteiger partial charge in [0, 0.05) is 6.54 Å². The van der Waals surface area contributed by atoms with Crippen molar-refractivity contribution in [3.63, 3.8) is 0 Å². The third kappa shape index (κ3) is 3.33. The summed E-state index contributed by atoms with van der Waals surface area (Å²) in [4.78, 5) is 0. The lowest BCUT2D eigenvalue weighted by molar-refractivity contribution is 0.628. The Bertz CT molecular complexity index is 372. The van der Waals surface area contributed by atoms with Crippen molar-refractivity contribution in [2.45, 2.75) is 13.8 Å². The van der Waals surface area contributed by atoms with E-state index in [0.29, 0.717) is 12.5 Å². The van der Waals surface area contributed by atoms with Crippen molar-refractivity contribution in [2.75, 3.05) is 6.54 Å². The van der Waals surface area contributed by atoms with E-state index in [0.717, 1.165) is 11.1 Å². The fourth-order valence-corrected chi connectivity index (χ4v) is 1.40. The maximum absolute atomic E-state index is 13.1. The van der Waals surface area contributed by atoms with Crippen LogP contribution in [-0.4, -0.2) is 6.54 Å². The summed E-state index contributed by atoms with van der Waals surface area (Å²) in [6.07, 6.45) is 1.91. The number of hydrogen-bond donors (Lipinski definition) is 1. The van der Waals surface area contributed by atoms with Gasteiger partial charge in [-0.1, -0.05) is 43.2 Å². The lowest BCUT2D eigenvalue weighted by atomic mass is 10.0. The second-order valence-corrected chi connectivity index (χ2v) is 4.16. The van der Waals surface area contributed by atoms with Crippen LogP contribution in [0.15, 0.2) is 23.8 Å². The summed E-state index contributed by atoms with van der Waals surface area (Å²) in [5, 5.41) is 0.144. The highest BCUT2D eigenvalue weighted by atomic mass is 35.5. The smallest absolute Gasteiger partial charge is 0.142 e. The average Bonchev–Trinajstić information content (AvgIpc) is 2.19. The lowest BCUT2D eigenvalue weighted by Gasteiger charge is -2.08. The van der Waals surface area contributed by atoms with E-state index in [-0.39, 0.29) is 5.02 Å². The Morgan fingerprint density at radius 3 is 2.67 bits per heavy atom. The molecule has 0 aliphatic carbocycles. The molecule has 0 fully saturated rings. The van der Waals surface area contributed by atoms with Gasteiger partial charge in [0.25, 0.3) is 0 Å². The highest BCUT2D eigenvalue weighted by Crippen LogP contribution is 2.19. The van der Waals surface area contributed by atoms with Crippen LogP contribution in [0.5, 0.6) is 0 Å². The molecule has 1 aromatic rings. The summed E-state index contributed by atoms with van der Waals surface area (Å²) < 4.78 is 13.1. The molecule has 0 atom stereocenters. The van der Waals surface area contributed by atoms with Crippen molar-refractivity contribution in [1.82, 2.24) is 0 Å². The van der Waals surface area contributed by atoms with Crippen LogP contribution in [-0.2, 0) is 0 Å². The number of benzene rings is 1. The van der Waals surface area contributed by atoms with E-state index < -0.39 is 5.82 Å². The van der Waals surface area contributed by atoms with Crippen LogP contribution in [0, 0.1) is 11.7 Å². The van der Waals surface area contributed by atoms with Crippen molar-refractivity contribution >= 4 is 17.7 Å². The Labute approximate surface area is 94.7 Å². The maximum atomic E-state index is 13.1. The van der Waals surface area contributed by atoms with E-state index in [2.05, 4.69) is 13.8 Å². The van der Waals surface area contributed by atoms with Gasteiger partial charge in [0.15, 0.2) is 0 Å². The summed E-state index contributed by atoms with van der Waals surface area (Å²) in [6, 6.07) is 4.75. The fourth-order valence-electron chi connectivity index (χ4n) is 1.28. The molecule has 1 aromatic carbocycles. The van der Waals surface area contributed by atoms with Gasteiger partial charge in [0.1, 0.15) is 5.82 Å². The van der Waals surface area contributed by atoms with Crippen LogP contribution in [0.2, 0.25) is 5.02 Å². The molecular formula is C12H15ClFN. The number of hydrogen-bond acceptors (Lipinski definition) is 1. The predicted octanol–water partition coefficient (Wildman–Crippen LogP) is 3.48. The zero-order valence-corrected chi connectivity index (χ0v) is 9.68. The fraction of sp³-hybridized carbons (Fsp3) is 0.333. The van der Waals surface area contributed by atoms with Gasteiger partial charge in [0.05, 0.1) is 5.02 Å². The summed E-state index contributed by atoms with van der Waals surface area (Å²) >= 11 is 5.59. The molecule has 0 saturated heterocycles. The molecule has 0 saturated carbocycles. The molecule has 15 heavy (non-hydrogen) atoms. The van der Waals surface area contributed by atoms with E-state index in [1.165, 1.54) is 6.07 Å². The molecule has 0 unspecified atom stereocenters. The first-order valence-electron chi connectivity index (χ1n) is 4.90. The van der Waals surface area contributed by atoms with E-state index in [9.17, 15) is 4.39 Å². The van der Waals surface area contributed by atoms with Gasteiger partial charge >= 0.3 is 0 Å². The van der Waals surface area contributed by atoms with Gasteiger partial charge in [-0.2, -0.15) is 0 Å². The number of rotatable bonds is 3. The molecule has 0 amide bonds. The molecule has 0 bridgehead atoms. The molecular weight excluding hydrogens is 213 g/mol. The van der Waals surface area contributed by atoms with Gasteiger partial charge in [-0.25, -0.2) is 4.39 Å². The van der Waals surface area contributed by atoms with E-state index >= 15 is 0 Å². The van der Waals surface area contributed by atoms with Gasteiger partial charge in [-0.05, 0) is 23.6 Å². The molecule has 1 nitrogen and oxygen atoms in total. The Hall–Kier alpha value is -0.860. The monoisotopic (exact) mass is 227 g/mol. The standard InChI is InChI=1S/C12H15ClFN/c1-8(2)10(7-15)5-9-3-4-11(13)12(14)6-9/h3-6,8H,7,15H2,1-2H3. The molecule has 2 N–H and O–H groups in total.